The number of nitrogens with zero attached hydrogens (tertiary/aromatic N) is 3. The van der Waals surface area contributed by atoms with Crippen LogP contribution in [0.3, 0.4) is 0 Å². The Morgan fingerprint density at radius 2 is 1.88 bits per heavy atom. The van der Waals surface area contributed by atoms with E-state index in [4.69, 9.17) is 11.6 Å². The fourth-order valence-electron chi connectivity index (χ4n) is 4.99. The maximum absolute atomic E-state index is 14.9. The van der Waals surface area contributed by atoms with Gasteiger partial charge in [-0.15, -0.1) is 0 Å². The maximum atomic E-state index is 14.9. The molecule has 2 fully saturated rings. The zero-order valence-electron chi connectivity index (χ0n) is 20.1. The highest BCUT2D eigenvalue weighted by Crippen LogP contribution is 2.34. The molecule has 2 aliphatic rings. The van der Waals surface area contributed by atoms with E-state index in [9.17, 15) is 9.18 Å². The molecule has 182 valence electrons. The predicted octanol–water partition coefficient (Wildman–Crippen LogP) is 4.80. The summed E-state index contributed by atoms with van der Waals surface area (Å²) in [6.45, 7) is 13.5. The number of nitrogens with one attached hydrogen (secondary N) is 1. The van der Waals surface area contributed by atoms with Crippen molar-refractivity contribution in [3.8, 4) is 0 Å². The van der Waals surface area contributed by atoms with Gasteiger partial charge in [-0.1, -0.05) is 42.4 Å². The second kappa shape index (κ2) is 10.9. The molecule has 2 aromatic rings. The molecule has 0 aliphatic carbocycles. The number of carbonyl (C=O) groups excluding carboxylic acids is 1. The van der Waals surface area contributed by atoms with E-state index in [0.717, 1.165) is 38.2 Å². The SMILES string of the molecule is C=C(C)C(=O)N1CCN(c2ccc(Cl)cc2F)[C@H](c2ccc(C(C)N3CCCNCC3)cc2)C1. The second-order valence-corrected chi connectivity index (χ2v) is 9.76. The van der Waals surface area contributed by atoms with E-state index in [1.807, 2.05) is 9.80 Å². The number of anilines is 1. The van der Waals surface area contributed by atoms with Crippen molar-refractivity contribution >= 4 is 23.2 Å². The smallest absolute Gasteiger partial charge is 0.249 e. The Balaban J connectivity index is 1.61. The van der Waals surface area contributed by atoms with E-state index in [2.05, 4.69) is 48.0 Å². The number of rotatable bonds is 5. The third kappa shape index (κ3) is 5.45. The Morgan fingerprint density at radius 1 is 1.12 bits per heavy atom. The van der Waals surface area contributed by atoms with Crippen LogP contribution in [0, 0.1) is 5.82 Å². The van der Waals surface area contributed by atoms with Gasteiger partial charge in [0.2, 0.25) is 5.91 Å². The molecule has 2 aromatic carbocycles. The highest BCUT2D eigenvalue weighted by atomic mass is 35.5. The number of hydrogen-bond acceptors (Lipinski definition) is 4. The molecule has 1 amide bonds. The van der Waals surface area contributed by atoms with Crippen molar-refractivity contribution < 1.29 is 9.18 Å². The predicted molar refractivity (Wildman–Crippen MR) is 137 cm³/mol. The lowest BCUT2D eigenvalue weighted by Crippen LogP contribution is -2.51. The summed E-state index contributed by atoms with van der Waals surface area (Å²) in [5, 5.41) is 3.83. The van der Waals surface area contributed by atoms with Gasteiger partial charge in [-0.25, -0.2) is 4.39 Å². The first-order valence-corrected chi connectivity index (χ1v) is 12.4. The van der Waals surface area contributed by atoms with E-state index < -0.39 is 0 Å². The molecule has 0 bridgehead atoms. The van der Waals surface area contributed by atoms with Crippen LogP contribution in [-0.2, 0) is 4.79 Å². The third-order valence-corrected chi connectivity index (χ3v) is 7.21. The maximum Gasteiger partial charge on any atom is 0.249 e. The normalized spacial score (nSPS) is 20.6. The fourth-order valence-corrected chi connectivity index (χ4v) is 5.15. The van der Waals surface area contributed by atoms with Gasteiger partial charge in [0.25, 0.3) is 0 Å². The molecule has 0 radical (unpaired) electrons. The van der Waals surface area contributed by atoms with Gasteiger partial charge in [-0.05, 0) is 62.7 Å². The van der Waals surface area contributed by atoms with Gasteiger partial charge in [0.15, 0.2) is 0 Å². The van der Waals surface area contributed by atoms with Gasteiger partial charge in [-0.3, -0.25) is 9.69 Å². The molecule has 0 aromatic heterocycles. The van der Waals surface area contributed by atoms with Gasteiger partial charge >= 0.3 is 0 Å². The summed E-state index contributed by atoms with van der Waals surface area (Å²) < 4.78 is 14.9. The van der Waals surface area contributed by atoms with Gasteiger partial charge < -0.3 is 15.1 Å². The van der Waals surface area contributed by atoms with Crippen LogP contribution in [0.2, 0.25) is 5.02 Å². The van der Waals surface area contributed by atoms with Gasteiger partial charge in [0, 0.05) is 49.4 Å². The summed E-state index contributed by atoms with van der Waals surface area (Å²) in [4.78, 5) is 19.1. The largest absolute Gasteiger partial charge is 0.359 e. The van der Waals surface area contributed by atoms with Crippen LogP contribution in [-0.4, -0.2) is 61.5 Å². The Morgan fingerprint density at radius 3 is 2.59 bits per heavy atom. The number of carbonyl (C=O) groups is 1. The van der Waals surface area contributed by atoms with Crippen LogP contribution in [0.4, 0.5) is 10.1 Å². The van der Waals surface area contributed by atoms with Crippen molar-refractivity contribution in [2.24, 2.45) is 0 Å². The molecule has 1 N–H and O–H groups in total. The minimum Gasteiger partial charge on any atom is -0.359 e. The van der Waals surface area contributed by atoms with Crippen LogP contribution >= 0.6 is 11.6 Å². The molecule has 34 heavy (non-hydrogen) atoms. The van der Waals surface area contributed by atoms with Gasteiger partial charge in [0.05, 0.1) is 11.7 Å². The standard InChI is InChI=1S/C27H34ClFN4O/c1-19(2)27(34)32-15-16-33(25-10-9-23(28)17-24(25)29)26(18-32)22-7-5-21(6-8-22)20(3)31-13-4-11-30-12-14-31/h5-10,17,20,26,30H,1,4,11-16,18H2,2-3H3/t20?,26-/m0/s1. The van der Waals surface area contributed by atoms with Crippen molar-refractivity contribution in [2.75, 3.05) is 50.7 Å². The van der Waals surface area contributed by atoms with Crippen molar-refractivity contribution in [3.63, 3.8) is 0 Å². The van der Waals surface area contributed by atoms with Gasteiger partial charge in [0.1, 0.15) is 5.82 Å². The summed E-state index contributed by atoms with van der Waals surface area (Å²) in [5.41, 5.74) is 3.34. The minimum absolute atomic E-state index is 0.0544. The molecular formula is C27H34ClFN4O. The molecule has 1 unspecified atom stereocenters. The lowest BCUT2D eigenvalue weighted by atomic mass is 9.97. The van der Waals surface area contributed by atoms with Crippen LogP contribution < -0.4 is 10.2 Å². The number of hydrogen-bond donors (Lipinski definition) is 1. The zero-order chi connectivity index (χ0) is 24.2. The minimum atomic E-state index is -0.350. The molecule has 2 aliphatic heterocycles. The average molecular weight is 485 g/mol. The number of halogens is 2. The molecular weight excluding hydrogens is 451 g/mol. The molecule has 0 saturated carbocycles. The first-order chi connectivity index (χ1) is 16.3. The number of piperazine rings is 1. The summed E-state index contributed by atoms with van der Waals surface area (Å²) >= 11 is 6.00. The lowest BCUT2D eigenvalue weighted by molar-refractivity contribution is -0.127. The molecule has 5 nitrogen and oxygen atoms in total. The lowest BCUT2D eigenvalue weighted by Gasteiger charge is -2.43. The van der Waals surface area contributed by atoms with Gasteiger partial charge in [-0.2, -0.15) is 0 Å². The second-order valence-electron chi connectivity index (χ2n) is 9.32. The van der Waals surface area contributed by atoms with Crippen LogP contribution in [0.5, 0.6) is 0 Å². The number of amides is 1. The first-order valence-electron chi connectivity index (χ1n) is 12.1. The molecule has 2 saturated heterocycles. The van der Waals surface area contributed by atoms with E-state index in [0.29, 0.717) is 42.0 Å². The van der Waals surface area contributed by atoms with Crippen molar-refractivity contribution in [1.29, 1.82) is 0 Å². The Bertz CT molecular complexity index is 1020. The molecule has 2 heterocycles. The first kappa shape index (κ1) is 24.7. The average Bonchev–Trinajstić information content (AvgIpc) is 3.13. The van der Waals surface area contributed by atoms with Crippen LogP contribution in [0.25, 0.3) is 0 Å². The van der Waals surface area contributed by atoms with Crippen molar-refractivity contribution in [2.45, 2.75) is 32.4 Å². The van der Waals surface area contributed by atoms with Crippen LogP contribution in [0.15, 0.2) is 54.6 Å². The van der Waals surface area contributed by atoms with E-state index in [-0.39, 0.29) is 17.8 Å². The quantitative estimate of drug-likeness (QED) is 0.619. The van der Waals surface area contributed by atoms with E-state index >= 15 is 0 Å². The highest BCUT2D eigenvalue weighted by Gasteiger charge is 2.32. The summed E-state index contributed by atoms with van der Waals surface area (Å²) in [6.07, 6.45) is 1.15. The number of benzene rings is 2. The summed E-state index contributed by atoms with van der Waals surface area (Å²) in [7, 11) is 0. The monoisotopic (exact) mass is 484 g/mol. The van der Waals surface area contributed by atoms with Crippen molar-refractivity contribution in [1.82, 2.24) is 15.1 Å². The van der Waals surface area contributed by atoms with E-state index in [1.165, 1.54) is 11.6 Å². The fraction of sp³-hybridized carbons (Fsp3) is 0.444. The zero-order valence-corrected chi connectivity index (χ0v) is 20.8. The Labute approximate surface area is 207 Å². The summed E-state index contributed by atoms with van der Waals surface area (Å²) in [6, 6.07) is 13.5. The van der Waals surface area contributed by atoms with E-state index in [1.54, 1.807) is 19.1 Å². The third-order valence-electron chi connectivity index (χ3n) is 6.98. The molecule has 2 atom stereocenters. The Hall–Kier alpha value is -2.41. The highest BCUT2D eigenvalue weighted by molar-refractivity contribution is 6.30. The molecule has 4 rings (SSSR count). The summed E-state index contributed by atoms with van der Waals surface area (Å²) in [5.74, 6) is -0.404. The topological polar surface area (TPSA) is 38.8 Å². The molecule has 7 heteroatoms. The van der Waals surface area contributed by atoms with Crippen LogP contribution in [0.1, 0.15) is 43.5 Å². The van der Waals surface area contributed by atoms with Crippen molar-refractivity contribution in [3.05, 3.63) is 76.6 Å². The Kier molecular flexibility index (Phi) is 7.91. The molecule has 0 spiro atoms.